The van der Waals surface area contributed by atoms with Gasteiger partial charge in [0, 0.05) is 5.69 Å². The first-order valence-electron chi connectivity index (χ1n) is 8.51. The monoisotopic (exact) mass is 400 g/mol. The Morgan fingerprint density at radius 1 is 1.04 bits per heavy atom. The van der Waals surface area contributed by atoms with Crippen LogP contribution >= 0.6 is 0 Å². The van der Waals surface area contributed by atoms with E-state index in [9.17, 15) is 13.2 Å². The minimum absolute atomic E-state index is 0.0652. The molecular weight excluding hydrogens is 380 g/mol. The topological polar surface area (TPSA) is 97.6 Å². The summed E-state index contributed by atoms with van der Waals surface area (Å²) < 4.78 is 37.3. The highest BCUT2D eigenvalue weighted by molar-refractivity contribution is 7.89. The Balaban J connectivity index is 1.57. The van der Waals surface area contributed by atoms with Crippen LogP contribution in [0.15, 0.2) is 76.2 Å². The van der Waals surface area contributed by atoms with Crippen LogP contribution in [0.25, 0.3) is 0 Å². The van der Waals surface area contributed by atoms with Gasteiger partial charge in [-0.05, 0) is 54.1 Å². The van der Waals surface area contributed by atoms with E-state index in [0.717, 1.165) is 11.3 Å². The van der Waals surface area contributed by atoms with Crippen molar-refractivity contribution in [3.05, 3.63) is 78.3 Å². The number of sulfonamides is 1. The van der Waals surface area contributed by atoms with Gasteiger partial charge in [-0.2, -0.15) is 0 Å². The molecule has 0 aliphatic heterocycles. The Hall–Kier alpha value is -3.10. The summed E-state index contributed by atoms with van der Waals surface area (Å²) in [4.78, 5) is 12.3. The molecule has 0 fully saturated rings. The van der Waals surface area contributed by atoms with Crippen molar-refractivity contribution in [1.82, 2.24) is 4.72 Å². The van der Waals surface area contributed by atoms with E-state index in [-0.39, 0.29) is 23.8 Å². The van der Waals surface area contributed by atoms with Gasteiger partial charge in [0.2, 0.25) is 15.9 Å². The number of furan rings is 1. The maximum Gasteiger partial charge on any atom is 0.240 e. The normalized spacial score (nSPS) is 11.2. The average Bonchev–Trinajstić information content (AvgIpc) is 3.21. The van der Waals surface area contributed by atoms with E-state index in [4.69, 9.17) is 9.15 Å². The quantitative estimate of drug-likeness (QED) is 0.606. The third-order valence-electron chi connectivity index (χ3n) is 3.99. The number of rotatable bonds is 8. The lowest BCUT2D eigenvalue weighted by molar-refractivity contribution is -0.115. The van der Waals surface area contributed by atoms with E-state index in [0.29, 0.717) is 11.4 Å². The van der Waals surface area contributed by atoms with Gasteiger partial charge < -0.3 is 14.5 Å². The van der Waals surface area contributed by atoms with Crippen molar-refractivity contribution in [2.24, 2.45) is 0 Å². The van der Waals surface area contributed by atoms with E-state index in [1.807, 2.05) is 12.1 Å². The van der Waals surface area contributed by atoms with Crippen molar-refractivity contribution in [3.8, 4) is 5.75 Å². The van der Waals surface area contributed by atoms with Crippen molar-refractivity contribution in [2.45, 2.75) is 17.9 Å². The van der Waals surface area contributed by atoms with Gasteiger partial charge in [0.05, 0.1) is 31.2 Å². The van der Waals surface area contributed by atoms with Gasteiger partial charge in [0.15, 0.2) is 0 Å². The number of hydrogen-bond acceptors (Lipinski definition) is 5. The molecule has 146 valence electrons. The number of carbonyl (C=O) groups excluding carboxylic acids is 1. The van der Waals surface area contributed by atoms with Crippen molar-refractivity contribution in [1.29, 1.82) is 0 Å². The van der Waals surface area contributed by atoms with Crippen molar-refractivity contribution in [2.75, 3.05) is 12.4 Å². The molecule has 1 aromatic heterocycles. The first-order chi connectivity index (χ1) is 13.5. The Bertz CT molecular complexity index is 1010. The highest BCUT2D eigenvalue weighted by atomic mass is 32.2. The van der Waals surface area contributed by atoms with Crippen LogP contribution in [0, 0.1) is 0 Å². The number of benzene rings is 2. The molecule has 3 rings (SSSR count). The predicted molar refractivity (Wildman–Crippen MR) is 105 cm³/mol. The van der Waals surface area contributed by atoms with Gasteiger partial charge >= 0.3 is 0 Å². The molecule has 0 bridgehead atoms. The van der Waals surface area contributed by atoms with Crippen LogP contribution in [0.3, 0.4) is 0 Å². The van der Waals surface area contributed by atoms with Gasteiger partial charge in [-0.25, -0.2) is 13.1 Å². The molecular formula is C20H20N2O5S. The molecule has 2 aromatic carbocycles. The standard InChI is InChI=1S/C20H20N2O5S/c1-26-17-8-4-15(5-9-17)13-20(23)22-16-6-10-19(11-7-16)28(24,25)21-14-18-3-2-12-27-18/h2-12,21H,13-14H2,1H3,(H,22,23). The molecule has 8 heteroatoms. The molecule has 7 nitrogen and oxygen atoms in total. The second-order valence-corrected chi connectivity index (χ2v) is 7.77. The molecule has 0 atom stereocenters. The van der Waals surface area contributed by atoms with Crippen molar-refractivity contribution in [3.63, 3.8) is 0 Å². The maximum atomic E-state index is 12.3. The third-order valence-corrected chi connectivity index (χ3v) is 5.41. The van der Waals surface area contributed by atoms with Gasteiger partial charge in [-0.15, -0.1) is 0 Å². The van der Waals surface area contributed by atoms with E-state index in [2.05, 4.69) is 10.0 Å². The van der Waals surface area contributed by atoms with Gasteiger partial charge in [-0.3, -0.25) is 4.79 Å². The van der Waals surface area contributed by atoms with Crippen LogP contribution in [0.1, 0.15) is 11.3 Å². The number of nitrogens with one attached hydrogen (secondary N) is 2. The summed E-state index contributed by atoms with van der Waals surface area (Å²) >= 11 is 0. The smallest absolute Gasteiger partial charge is 0.240 e. The number of anilines is 1. The zero-order valence-electron chi connectivity index (χ0n) is 15.2. The lowest BCUT2D eigenvalue weighted by Crippen LogP contribution is -2.23. The second kappa shape index (κ2) is 8.73. The molecule has 1 amide bonds. The SMILES string of the molecule is COc1ccc(CC(=O)Nc2ccc(S(=O)(=O)NCc3ccco3)cc2)cc1. The van der Waals surface area contributed by atoms with Crippen molar-refractivity contribution >= 4 is 21.6 Å². The number of amides is 1. The van der Waals surface area contributed by atoms with Crippen LogP contribution in [0.5, 0.6) is 5.75 Å². The molecule has 0 radical (unpaired) electrons. The fourth-order valence-corrected chi connectivity index (χ4v) is 3.51. The summed E-state index contributed by atoms with van der Waals surface area (Å²) in [5.74, 6) is 1.05. The average molecular weight is 400 g/mol. The summed E-state index contributed by atoms with van der Waals surface area (Å²) in [6.45, 7) is 0.0652. The zero-order valence-corrected chi connectivity index (χ0v) is 16.0. The Labute approximate surface area is 163 Å². The van der Waals surface area contributed by atoms with Crippen LogP contribution in [-0.2, 0) is 27.8 Å². The second-order valence-electron chi connectivity index (χ2n) is 6.00. The van der Waals surface area contributed by atoms with Crippen LogP contribution in [0.4, 0.5) is 5.69 Å². The highest BCUT2D eigenvalue weighted by Gasteiger charge is 2.14. The van der Waals surface area contributed by atoms with Gasteiger partial charge in [0.1, 0.15) is 11.5 Å². The number of carbonyl (C=O) groups is 1. The van der Waals surface area contributed by atoms with Gasteiger partial charge in [-0.1, -0.05) is 12.1 Å². The lowest BCUT2D eigenvalue weighted by Gasteiger charge is -2.08. The minimum Gasteiger partial charge on any atom is -0.497 e. The largest absolute Gasteiger partial charge is 0.497 e. The first-order valence-corrected chi connectivity index (χ1v) is 9.99. The van der Waals surface area contributed by atoms with Crippen LogP contribution in [-0.4, -0.2) is 21.4 Å². The summed E-state index contributed by atoms with van der Waals surface area (Å²) in [7, 11) is -2.09. The van der Waals surface area contributed by atoms with E-state index in [1.54, 1.807) is 43.5 Å². The zero-order chi connectivity index (χ0) is 20.0. The molecule has 3 aromatic rings. The van der Waals surface area contributed by atoms with E-state index < -0.39 is 10.0 Å². The number of methoxy groups -OCH3 is 1. The van der Waals surface area contributed by atoms with Crippen LogP contribution in [0.2, 0.25) is 0 Å². The van der Waals surface area contributed by atoms with Gasteiger partial charge in [0.25, 0.3) is 0 Å². The van der Waals surface area contributed by atoms with E-state index in [1.165, 1.54) is 18.4 Å². The predicted octanol–water partition coefficient (Wildman–Crippen LogP) is 2.95. The molecule has 1 heterocycles. The molecule has 2 N–H and O–H groups in total. The highest BCUT2D eigenvalue weighted by Crippen LogP contribution is 2.16. The number of hydrogen-bond donors (Lipinski definition) is 2. The molecule has 0 saturated carbocycles. The fraction of sp³-hybridized carbons (Fsp3) is 0.150. The molecule has 0 spiro atoms. The van der Waals surface area contributed by atoms with E-state index >= 15 is 0 Å². The maximum absolute atomic E-state index is 12.3. The van der Waals surface area contributed by atoms with Crippen molar-refractivity contribution < 1.29 is 22.4 Å². The summed E-state index contributed by atoms with van der Waals surface area (Å²) in [6.07, 6.45) is 1.68. The summed E-state index contributed by atoms with van der Waals surface area (Å²) in [5, 5.41) is 2.75. The Morgan fingerprint density at radius 3 is 2.36 bits per heavy atom. The first kappa shape index (κ1) is 19.7. The Kier molecular flexibility index (Phi) is 6.13. The minimum atomic E-state index is -3.67. The third kappa shape index (κ3) is 5.21. The molecule has 0 aliphatic carbocycles. The van der Waals surface area contributed by atoms with Crippen LogP contribution < -0.4 is 14.8 Å². The molecule has 28 heavy (non-hydrogen) atoms. The lowest BCUT2D eigenvalue weighted by atomic mass is 10.1. The fourth-order valence-electron chi connectivity index (χ4n) is 2.51. The molecule has 0 saturated heterocycles. The number of ether oxygens (including phenoxy) is 1. The molecule has 0 unspecified atom stereocenters. The summed E-state index contributed by atoms with van der Waals surface area (Å²) in [6, 6.07) is 16.6. The summed E-state index contributed by atoms with van der Waals surface area (Å²) in [5.41, 5.74) is 1.36. The Morgan fingerprint density at radius 2 is 1.75 bits per heavy atom. The molecule has 0 aliphatic rings.